The second-order valence-corrected chi connectivity index (χ2v) is 21.1. The fraction of sp³-hybridized carbons (Fsp3) is 0.409. The van der Waals surface area contributed by atoms with Gasteiger partial charge in [0.25, 0.3) is 11.8 Å². The molecule has 2 aliphatic heterocycles. The zero-order chi connectivity index (χ0) is 50.1. The summed E-state index contributed by atoms with van der Waals surface area (Å²) in [4.78, 5) is 81.0. The summed E-state index contributed by atoms with van der Waals surface area (Å²) in [5.74, 6) is -2.44. The summed E-state index contributed by atoms with van der Waals surface area (Å²) in [5.41, 5.74) is -0.215. The standard InChI is InChI=1S/C44H46Cl2N9O13PS/c1-24(2)40(59)52-43-51-39-38(42(53-43)67-29-18-27(45)11-12-28(29)46)48-23-55(39)36-19-30(66-37(58)13-10-25(3)57)33(65-36)22-63-69(62,70-17-7-15-47)68-31-20-35(64-32(31)21-56)54-16-14-34(50-44(54)61)49-41(60)26-8-5-4-6-9-26/h4-6,8-9,11-12,14,16,18,23-24,30-33,35-36,56H,7,10,13,17,19-22H2,1-3H3,(H,49,50,60,61)(H,51,52,53,59)/t30-,31-,32+,33+,35+,36+,69?/m0/s1. The number of hydrogen-bond donors (Lipinski definition) is 3. The van der Waals surface area contributed by atoms with Gasteiger partial charge in [0.15, 0.2) is 11.2 Å². The Hall–Kier alpha value is -5.80. The first-order valence-electron chi connectivity index (χ1n) is 21.7. The SMILES string of the molecule is CC(=O)CCC(=O)O[C@H]1C[C@H](n2cnc3c(Oc4cc(Cl)ccc4Cl)nc(NC(=O)C(C)C)nc32)O[C@@H]1COP(=O)(O[C@H]1C[C@H](n2ccc(NC(=O)c3ccccc3)nc2=O)O[C@@H]1CO)SCCC#N. The third-order valence-corrected chi connectivity index (χ3v) is 14.9. The van der Waals surface area contributed by atoms with Gasteiger partial charge in [-0.15, -0.1) is 0 Å². The van der Waals surface area contributed by atoms with E-state index in [4.69, 9.17) is 51.2 Å². The van der Waals surface area contributed by atoms with Gasteiger partial charge >= 0.3 is 18.5 Å². The molecule has 5 aromatic rings. The smallest absolute Gasteiger partial charge is 0.389 e. The number of halogens is 2. The number of ketones is 1. The molecule has 3 N–H and O–H groups in total. The average molecular weight is 1040 g/mol. The summed E-state index contributed by atoms with van der Waals surface area (Å²) < 4.78 is 53.8. The van der Waals surface area contributed by atoms with E-state index < -0.39 is 86.3 Å². The number of esters is 1. The maximum Gasteiger partial charge on any atom is 0.389 e. The molecule has 370 valence electrons. The Balaban J connectivity index is 1.12. The molecule has 0 saturated carbocycles. The molecule has 22 nitrogen and oxygen atoms in total. The number of ether oxygens (including phenoxy) is 4. The second-order valence-electron chi connectivity index (χ2n) is 16.1. The summed E-state index contributed by atoms with van der Waals surface area (Å²) in [6, 6.07) is 16.3. The second kappa shape index (κ2) is 23.4. The topological polar surface area (TPSA) is 287 Å². The van der Waals surface area contributed by atoms with Crippen LogP contribution in [-0.4, -0.2) is 101 Å². The maximum atomic E-state index is 14.7. The molecular weight excluding hydrogens is 996 g/mol. The van der Waals surface area contributed by atoms with Gasteiger partial charge < -0.3 is 34.2 Å². The van der Waals surface area contributed by atoms with Crippen molar-refractivity contribution in [3.05, 3.63) is 93.2 Å². The largest absolute Gasteiger partial charge is 0.459 e. The highest BCUT2D eigenvalue weighted by molar-refractivity contribution is 8.55. The first-order chi connectivity index (χ1) is 33.5. The van der Waals surface area contributed by atoms with Gasteiger partial charge in [-0.2, -0.15) is 20.2 Å². The quantitative estimate of drug-likeness (QED) is 0.0377. The number of anilines is 2. The molecule has 2 amide bonds. The Morgan fingerprint density at radius 2 is 1.73 bits per heavy atom. The lowest BCUT2D eigenvalue weighted by atomic mass is 10.2. The fourth-order valence-corrected chi connectivity index (χ4v) is 10.7. The van der Waals surface area contributed by atoms with Gasteiger partial charge in [0, 0.05) is 60.2 Å². The minimum atomic E-state index is -4.32. The predicted octanol–water partition coefficient (Wildman–Crippen LogP) is 7.03. The van der Waals surface area contributed by atoms with Crippen LogP contribution in [-0.2, 0) is 42.2 Å². The minimum absolute atomic E-state index is 0.00700. The fourth-order valence-electron chi connectivity index (χ4n) is 7.05. The Morgan fingerprint density at radius 3 is 2.44 bits per heavy atom. The number of carbonyl (C=O) groups excluding carboxylic acids is 4. The first-order valence-corrected chi connectivity index (χ1v) is 25.6. The van der Waals surface area contributed by atoms with Gasteiger partial charge in [-0.05, 0) is 48.6 Å². The minimum Gasteiger partial charge on any atom is -0.459 e. The van der Waals surface area contributed by atoms with E-state index in [9.17, 15) is 38.9 Å². The van der Waals surface area contributed by atoms with Crippen molar-refractivity contribution in [3.8, 4) is 17.7 Å². The zero-order valence-electron chi connectivity index (χ0n) is 37.6. The van der Waals surface area contributed by atoms with E-state index in [1.54, 1.807) is 50.2 Å². The lowest BCUT2D eigenvalue weighted by Gasteiger charge is -2.25. The Bertz CT molecular complexity index is 2890. The molecule has 5 heterocycles. The molecule has 2 aliphatic rings. The predicted molar refractivity (Wildman–Crippen MR) is 253 cm³/mol. The molecule has 1 unspecified atom stereocenters. The third-order valence-electron chi connectivity index (χ3n) is 10.6. The number of nitrogens with zero attached hydrogens (tertiary/aromatic N) is 7. The number of aliphatic hydroxyl groups is 1. The van der Waals surface area contributed by atoms with Gasteiger partial charge in [-0.25, -0.2) is 14.3 Å². The number of rotatable bonds is 21. The molecule has 2 fully saturated rings. The number of fused-ring (bicyclic) bond motifs is 1. The van der Waals surface area contributed by atoms with E-state index in [0.717, 1.165) is 4.57 Å². The monoisotopic (exact) mass is 1040 g/mol. The van der Waals surface area contributed by atoms with Crippen LogP contribution < -0.4 is 21.1 Å². The van der Waals surface area contributed by atoms with E-state index in [-0.39, 0.29) is 83.2 Å². The number of Topliss-reactive ketones (excluding diaryl/α,β-unsaturated/α-hetero) is 1. The van der Waals surface area contributed by atoms with Crippen LogP contribution >= 0.6 is 41.4 Å². The van der Waals surface area contributed by atoms with E-state index in [1.807, 2.05) is 6.07 Å². The molecule has 2 aromatic carbocycles. The average Bonchev–Trinajstić information content (AvgIpc) is 4.06. The Kier molecular flexibility index (Phi) is 17.4. The van der Waals surface area contributed by atoms with E-state index in [0.29, 0.717) is 22.0 Å². The summed E-state index contributed by atoms with van der Waals surface area (Å²) >= 11 is 13.3. The van der Waals surface area contributed by atoms with Gasteiger partial charge in [0.05, 0.1) is 37.1 Å². The molecule has 7 rings (SSSR count). The lowest BCUT2D eigenvalue weighted by Crippen LogP contribution is -2.31. The van der Waals surface area contributed by atoms with Crippen LogP contribution in [0, 0.1) is 17.2 Å². The van der Waals surface area contributed by atoms with Gasteiger partial charge in [-0.1, -0.05) is 55.2 Å². The van der Waals surface area contributed by atoms with Crippen molar-refractivity contribution in [3.63, 3.8) is 0 Å². The van der Waals surface area contributed by atoms with Crippen LogP contribution in [0.25, 0.3) is 11.2 Å². The van der Waals surface area contributed by atoms with Crippen molar-refractivity contribution < 1.29 is 56.8 Å². The highest BCUT2D eigenvalue weighted by Gasteiger charge is 2.45. The van der Waals surface area contributed by atoms with Crippen LogP contribution in [0.3, 0.4) is 0 Å². The van der Waals surface area contributed by atoms with Crippen LogP contribution in [0.2, 0.25) is 10.0 Å². The summed E-state index contributed by atoms with van der Waals surface area (Å²) in [6.07, 6.45) is -4.34. The molecule has 2 saturated heterocycles. The molecule has 0 spiro atoms. The van der Waals surface area contributed by atoms with Crippen LogP contribution in [0.4, 0.5) is 11.8 Å². The Morgan fingerprint density at radius 1 is 0.986 bits per heavy atom. The van der Waals surface area contributed by atoms with Crippen LogP contribution in [0.1, 0.15) is 75.7 Å². The van der Waals surface area contributed by atoms with Crippen molar-refractivity contribution in [2.75, 3.05) is 29.6 Å². The van der Waals surface area contributed by atoms with E-state index in [1.165, 1.54) is 42.2 Å². The normalized spacial score (nSPS) is 20.7. The molecule has 0 bridgehead atoms. The summed E-state index contributed by atoms with van der Waals surface area (Å²) in [6.45, 7) is -0.761. The molecule has 7 atom stereocenters. The van der Waals surface area contributed by atoms with E-state index >= 15 is 0 Å². The Labute approximate surface area is 413 Å². The highest BCUT2D eigenvalue weighted by Crippen LogP contribution is 2.63. The third kappa shape index (κ3) is 13.1. The first kappa shape index (κ1) is 52.0. The summed E-state index contributed by atoms with van der Waals surface area (Å²) in [5, 5.41) is 25.4. The maximum absolute atomic E-state index is 14.7. The highest BCUT2D eigenvalue weighted by atomic mass is 35.5. The van der Waals surface area contributed by atoms with Gasteiger partial charge in [-0.3, -0.25) is 37.9 Å². The number of amides is 2. The van der Waals surface area contributed by atoms with Crippen molar-refractivity contribution in [2.24, 2.45) is 5.92 Å². The van der Waals surface area contributed by atoms with E-state index in [2.05, 4.69) is 30.6 Å². The molecule has 0 aliphatic carbocycles. The number of nitrogens with one attached hydrogen (secondary N) is 2. The molecule has 70 heavy (non-hydrogen) atoms. The number of aliphatic hydroxyl groups excluding tert-OH is 1. The van der Waals surface area contributed by atoms with Crippen LogP contribution in [0.15, 0.2) is 71.9 Å². The number of imidazole rings is 1. The lowest BCUT2D eigenvalue weighted by molar-refractivity contribution is -0.153. The van der Waals surface area contributed by atoms with Crippen molar-refractivity contribution in [2.45, 2.75) is 89.7 Å². The summed E-state index contributed by atoms with van der Waals surface area (Å²) in [7, 11) is 0. The van der Waals surface area contributed by atoms with Gasteiger partial charge in [0.1, 0.15) is 54.2 Å². The number of aromatic nitrogens is 6. The van der Waals surface area contributed by atoms with Crippen LogP contribution in [0.5, 0.6) is 11.6 Å². The molecule has 3 aromatic heterocycles. The number of hydrogen-bond acceptors (Lipinski definition) is 19. The van der Waals surface area contributed by atoms with Gasteiger partial charge in [0.2, 0.25) is 11.9 Å². The molecule has 26 heteroatoms. The van der Waals surface area contributed by atoms with Crippen molar-refractivity contribution in [1.29, 1.82) is 5.26 Å². The number of nitriles is 1. The van der Waals surface area contributed by atoms with Crippen molar-refractivity contribution >= 4 is 87.9 Å². The zero-order valence-corrected chi connectivity index (χ0v) is 40.9. The molecule has 0 radical (unpaired) electrons. The number of carbonyl (C=O) groups is 4. The number of benzene rings is 2. The molecular formula is C44H46Cl2N9O13PS. The van der Waals surface area contributed by atoms with Crippen molar-refractivity contribution in [1.82, 2.24) is 29.1 Å².